The Morgan fingerprint density at radius 1 is 1.45 bits per heavy atom. The number of carbonyl (C=O) groups is 1. The molecule has 112 valence electrons. The van der Waals surface area contributed by atoms with Gasteiger partial charge in [-0.1, -0.05) is 13.8 Å². The van der Waals surface area contributed by atoms with E-state index in [2.05, 4.69) is 12.2 Å². The zero-order valence-electron chi connectivity index (χ0n) is 12.3. The second-order valence-electron chi connectivity index (χ2n) is 4.78. The molecule has 0 bridgehead atoms. The summed E-state index contributed by atoms with van der Waals surface area (Å²) in [4.78, 5) is 11.3. The van der Waals surface area contributed by atoms with E-state index in [0.29, 0.717) is 17.7 Å². The number of nitrogens with one attached hydrogen (secondary N) is 1. The monoisotopic (exact) mass is 282 g/mol. The smallest absolute Gasteiger partial charge is 0.258 e. The molecule has 0 aliphatic heterocycles. The summed E-state index contributed by atoms with van der Waals surface area (Å²) in [5.74, 6) is -0.352. The van der Waals surface area contributed by atoms with Crippen molar-refractivity contribution in [3.05, 3.63) is 29.6 Å². The van der Waals surface area contributed by atoms with Crippen molar-refractivity contribution in [1.82, 2.24) is 5.32 Å². The lowest BCUT2D eigenvalue weighted by Gasteiger charge is -2.21. The molecule has 20 heavy (non-hydrogen) atoms. The molecule has 0 saturated heterocycles. The molecule has 1 amide bonds. The van der Waals surface area contributed by atoms with Crippen LogP contribution in [0, 0.1) is 5.82 Å². The third-order valence-electron chi connectivity index (χ3n) is 3.10. The van der Waals surface area contributed by atoms with Gasteiger partial charge in [-0.15, -0.1) is 0 Å². The second kappa shape index (κ2) is 7.85. The molecule has 1 aromatic carbocycles. The first-order valence-electron chi connectivity index (χ1n) is 6.98. The number of hydrogen-bond donors (Lipinski definition) is 2. The summed E-state index contributed by atoms with van der Waals surface area (Å²) in [6.45, 7) is 6.63. The molecule has 0 saturated carbocycles. The number of nitrogens with two attached hydrogens (primary N) is 1. The minimum atomic E-state index is -0.697. The van der Waals surface area contributed by atoms with Crippen molar-refractivity contribution in [3.63, 3.8) is 0 Å². The maximum atomic E-state index is 13.4. The van der Waals surface area contributed by atoms with Crippen LogP contribution < -0.4 is 15.8 Å². The van der Waals surface area contributed by atoms with E-state index in [4.69, 9.17) is 10.5 Å². The molecule has 0 heterocycles. The summed E-state index contributed by atoms with van der Waals surface area (Å²) < 4.78 is 19.1. The van der Waals surface area contributed by atoms with Crippen molar-refractivity contribution in [1.29, 1.82) is 0 Å². The number of primary amides is 1. The molecule has 3 N–H and O–H groups in total. The molecule has 0 spiro atoms. The predicted molar refractivity (Wildman–Crippen MR) is 77.0 cm³/mol. The van der Waals surface area contributed by atoms with Crippen molar-refractivity contribution in [2.75, 3.05) is 6.54 Å². The zero-order valence-corrected chi connectivity index (χ0v) is 12.3. The lowest BCUT2D eigenvalue weighted by atomic mass is 10.1. The first kappa shape index (κ1) is 16.4. The Hall–Kier alpha value is -1.62. The topological polar surface area (TPSA) is 64.3 Å². The fourth-order valence-electron chi connectivity index (χ4n) is 1.93. The minimum Gasteiger partial charge on any atom is -0.480 e. The maximum Gasteiger partial charge on any atom is 0.258 e. The zero-order chi connectivity index (χ0) is 15.1. The van der Waals surface area contributed by atoms with E-state index in [1.54, 1.807) is 6.07 Å². The number of hydrogen-bond acceptors (Lipinski definition) is 3. The van der Waals surface area contributed by atoms with E-state index >= 15 is 0 Å². The molecular formula is C15H23FN2O2. The first-order chi connectivity index (χ1) is 9.49. The molecule has 2 unspecified atom stereocenters. The number of rotatable bonds is 8. The van der Waals surface area contributed by atoms with Gasteiger partial charge in [-0.05, 0) is 44.5 Å². The normalized spacial score (nSPS) is 13.8. The van der Waals surface area contributed by atoms with E-state index in [1.807, 2.05) is 13.8 Å². The van der Waals surface area contributed by atoms with Crippen molar-refractivity contribution in [3.8, 4) is 5.75 Å². The van der Waals surface area contributed by atoms with E-state index in [0.717, 1.165) is 13.0 Å². The van der Waals surface area contributed by atoms with Gasteiger partial charge in [0, 0.05) is 11.6 Å². The highest BCUT2D eigenvalue weighted by molar-refractivity contribution is 5.79. The van der Waals surface area contributed by atoms with Gasteiger partial charge in [0.25, 0.3) is 5.91 Å². The van der Waals surface area contributed by atoms with Gasteiger partial charge in [0.15, 0.2) is 6.10 Å². The molecule has 0 aliphatic rings. The Labute approximate surface area is 119 Å². The van der Waals surface area contributed by atoms with E-state index < -0.39 is 12.0 Å². The number of amides is 1. The molecule has 1 rings (SSSR count). The van der Waals surface area contributed by atoms with Crippen LogP contribution in [-0.2, 0) is 4.79 Å². The van der Waals surface area contributed by atoms with Crippen LogP contribution in [0.1, 0.15) is 45.2 Å². The highest BCUT2D eigenvalue weighted by atomic mass is 19.1. The van der Waals surface area contributed by atoms with Gasteiger partial charge in [0.05, 0.1) is 0 Å². The fourth-order valence-corrected chi connectivity index (χ4v) is 1.93. The molecule has 0 aliphatic carbocycles. The van der Waals surface area contributed by atoms with E-state index in [1.165, 1.54) is 12.1 Å². The van der Waals surface area contributed by atoms with Gasteiger partial charge in [0.1, 0.15) is 11.6 Å². The number of halogens is 1. The maximum absolute atomic E-state index is 13.4. The SMILES string of the molecule is CCCNC(C)c1cc(F)ccc1OC(CC)C(N)=O. The lowest BCUT2D eigenvalue weighted by molar-refractivity contribution is -0.124. The summed E-state index contributed by atoms with van der Waals surface area (Å²) in [7, 11) is 0. The quantitative estimate of drug-likeness (QED) is 0.770. The molecule has 0 fully saturated rings. The van der Waals surface area contributed by atoms with Crippen LogP contribution in [0.25, 0.3) is 0 Å². The van der Waals surface area contributed by atoms with Gasteiger partial charge in [-0.2, -0.15) is 0 Å². The minimum absolute atomic E-state index is 0.0639. The van der Waals surface area contributed by atoms with Crippen LogP contribution >= 0.6 is 0 Å². The summed E-state index contributed by atoms with van der Waals surface area (Å²) >= 11 is 0. The Kier molecular flexibility index (Phi) is 6.45. The third-order valence-corrected chi connectivity index (χ3v) is 3.10. The molecule has 5 heteroatoms. The molecule has 2 atom stereocenters. The van der Waals surface area contributed by atoms with Gasteiger partial charge >= 0.3 is 0 Å². The highest BCUT2D eigenvalue weighted by Gasteiger charge is 2.19. The third kappa shape index (κ3) is 4.49. The second-order valence-corrected chi connectivity index (χ2v) is 4.78. The van der Waals surface area contributed by atoms with Crippen LogP contribution in [-0.4, -0.2) is 18.6 Å². The Morgan fingerprint density at radius 2 is 2.15 bits per heavy atom. The Balaban J connectivity index is 2.97. The van der Waals surface area contributed by atoms with Crippen molar-refractivity contribution < 1.29 is 13.9 Å². The number of ether oxygens (including phenoxy) is 1. The summed E-state index contributed by atoms with van der Waals surface area (Å²) in [5.41, 5.74) is 5.97. The first-order valence-corrected chi connectivity index (χ1v) is 6.98. The molecule has 1 aromatic rings. The lowest BCUT2D eigenvalue weighted by Crippen LogP contribution is -2.33. The van der Waals surface area contributed by atoms with Gasteiger partial charge < -0.3 is 15.8 Å². The van der Waals surface area contributed by atoms with Crippen molar-refractivity contribution >= 4 is 5.91 Å². The Morgan fingerprint density at radius 3 is 2.70 bits per heavy atom. The molecule has 0 radical (unpaired) electrons. The predicted octanol–water partition coefficient (Wildman–Crippen LogP) is 2.53. The number of carbonyl (C=O) groups excluding carboxylic acids is 1. The standard InChI is InChI=1S/C15H23FN2O2/c1-4-8-18-10(3)12-9-11(16)6-7-14(12)20-13(5-2)15(17)19/h6-7,9-10,13,18H,4-5,8H2,1-3H3,(H2,17,19). The van der Waals surface area contributed by atoms with Crippen molar-refractivity contribution in [2.24, 2.45) is 5.73 Å². The van der Waals surface area contributed by atoms with Crippen LogP contribution in [0.5, 0.6) is 5.75 Å². The van der Waals surface area contributed by atoms with Gasteiger partial charge in [-0.3, -0.25) is 4.79 Å². The average molecular weight is 282 g/mol. The molecule has 4 nitrogen and oxygen atoms in total. The van der Waals surface area contributed by atoms with Crippen LogP contribution in [0.3, 0.4) is 0 Å². The van der Waals surface area contributed by atoms with E-state index in [9.17, 15) is 9.18 Å². The number of benzene rings is 1. The van der Waals surface area contributed by atoms with Crippen LogP contribution in [0.4, 0.5) is 4.39 Å². The Bertz CT molecular complexity index is 451. The van der Waals surface area contributed by atoms with Crippen molar-refractivity contribution in [2.45, 2.75) is 45.8 Å². The summed E-state index contributed by atoms with van der Waals surface area (Å²) in [6.07, 6.45) is 0.759. The molecular weight excluding hydrogens is 259 g/mol. The van der Waals surface area contributed by atoms with Crippen LogP contribution in [0.15, 0.2) is 18.2 Å². The molecule has 0 aromatic heterocycles. The average Bonchev–Trinajstić information content (AvgIpc) is 2.42. The highest BCUT2D eigenvalue weighted by Crippen LogP contribution is 2.27. The van der Waals surface area contributed by atoms with E-state index in [-0.39, 0.29) is 11.9 Å². The largest absolute Gasteiger partial charge is 0.480 e. The summed E-state index contributed by atoms with van der Waals surface area (Å²) in [5, 5.41) is 3.27. The van der Waals surface area contributed by atoms with Crippen LogP contribution in [0.2, 0.25) is 0 Å². The van der Waals surface area contributed by atoms with Gasteiger partial charge in [0.2, 0.25) is 0 Å². The van der Waals surface area contributed by atoms with Gasteiger partial charge in [-0.25, -0.2) is 4.39 Å². The fraction of sp³-hybridized carbons (Fsp3) is 0.533. The summed E-state index contributed by atoms with van der Waals surface area (Å²) in [6, 6.07) is 4.22.